The number of nitrogens with two attached hydrogens (primary N) is 1. The van der Waals surface area contributed by atoms with E-state index in [1.165, 1.54) is 0 Å². The molecule has 0 fully saturated rings. The molecule has 0 bridgehead atoms. The van der Waals surface area contributed by atoms with Crippen LogP contribution in [0.15, 0.2) is 0 Å². The van der Waals surface area contributed by atoms with Gasteiger partial charge in [0.05, 0.1) is 0 Å². The predicted octanol–water partition coefficient (Wildman–Crippen LogP) is 4.45. The van der Waals surface area contributed by atoms with Gasteiger partial charge in [-0.2, -0.15) is 0 Å². The molecule has 0 atom stereocenters. The van der Waals surface area contributed by atoms with E-state index in [0.717, 1.165) is 0 Å². The highest BCUT2D eigenvalue weighted by Gasteiger charge is 2.24. The van der Waals surface area contributed by atoms with Crippen LogP contribution in [-0.4, -0.2) is 0 Å². The molecule has 4 heteroatoms. The maximum absolute atomic E-state index is 13.8. The summed E-state index contributed by atoms with van der Waals surface area (Å²) in [5, 5.41) is -0.457. The molecule has 0 aliphatic heterocycles. The molecular formula is C12H16ClF2N. The first-order chi connectivity index (χ1) is 7.29. The third kappa shape index (κ3) is 2.01. The smallest absolute Gasteiger partial charge is 0.150 e. The van der Waals surface area contributed by atoms with Gasteiger partial charge in [-0.25, -0.2) is 8.78 Å². The maximum atomic E-state index is 13.8. The van der Waals surface area contributed by atoms with Crippen molar-refractivity contribution in [2.45, 2.75) is 39.5 Å². The van der Waals surface area contributed by atoms with Gasteiger partial charge in [-0.3, -0.25) is 0 Å². The molecule has 1 aromatic rings. The highest BCUT2D eigenvalue weighted by Crippen LogP contribution is 2.38. The molecule has 0 aliphatic carbocycles. The molecule has 1 aromatic carbocycles. The van der Waals surface area contributed by atoms with E-state index < -0.39 is 16.7 Å². The van der Waals surface area contributed by atoms with Crippen LogP contribution in [0.1, 0.15) is 50.7 Å². The lowest BCUT2D eigenvalue weighted by molar-refractivity contribution is 0.553. The second-order valence-corrected chi connectivity index (χ2v) is 4.87. The van der Waals surface area contributed by atoms with E-state index in [1.807, 2.05) is 0 Å². The number of benzene rings is 1. The third-order valence-corrected chi connectivity index (χ3v) is 2.93. The fourth-order valence-corrected chi connectivity index (χ4v) is 2.05. The summed E-state index contributed by atoms with van der Waals surface area (Å²) in [7, 11) is 0. The van der Waals surface area contributed by atoms with Gasteiger partial charge in [0.25, 0.3) is 0 Å². The van der Waals surface area contributed by atoms with Crippen molar-refractivity contribution in [2.24, 2.45) is 0 Å². The van der Waals surface area contributed by atoms with Gasteiger partial charge in [0.1, 0.15) is 16.7 Å². The molecule has 0 saturated heterocycles. The molecule has 0 aliphatic rings. The minimum Gasteiger partial charge on any atom is -0.398 e. The first-order valence-electron chi connectivity index (χ1n) is 5.24. The quantitative estimate of drug-likeness (QED) is 0.607. The molecular weight excluding hydrogens is 232 g/mol. The van der Waals surface area contributed by atoms with Gasteiger partial charge in [0.2, 0.25) is 0 Å². The van der Waals surface area contributed by atoms with Crippen LogP contribution in [0, 0.1) is 11.6 Å². The van der Waals surface area contributed by atoms with Crippen LogP contribution < -0.4 is 5.73 Å². The summed E-state index contributed by atoms with van der Waals surface area (Å²) in [6.07, 6.45) is 0. The zero-order chi connectivity index (χ0) is 12.6. The maximum Gasteiger partial charge on any atom is 0.150 e. The zero-order valence-corrected chi connectivity index (χ0v) is 10.6. The molecule has 16 heavy (non-hydrogen) atoms. The van der Waals surface area contributed by atoms with Gasteiger partial charge >= 0.3 is 0 Å². The van der Waals surface area contributed by atoms with Crippen molar-refractivity contribution < 1.29 is 8.78 Å². The van der Waals surface area contributed by atoms with Gasteiger partial charge in [0.15, 0.2) is 0 Å². The van der Waals surface area contributed by atoms with Crippen molar-refractivity contribution in [1.29, 1.82) is 0 Å². The van der Waals surface area contributed by atoms with E-state index in [-0.39, 0.29) is 17.5 Å². The highest BCUT2D eigenvalue weighted by molar-refractivity contribution is 6.31. The standard InChI is InChI=1S/C12H16ClF2N/c1-5(2)7-10(14)9(13)11(15)8(6(3)4)12(7)16/h5-6H,16H2,1-4H3. The van der Waals surface area contributed by atoms with Crippen molar-refractivity contribution >= 4 is 17.3 Å². The fourth-order valence-electron chi connectivity index (χ4n) is 1.84. The van der Waals surface area contributed by atoms with Crippen molar-refractivity contribution in [1.82, 2.24) is 0 Å². The van der Waals surface area contributed by atoms with Crippen LogP contribution in [0.4, 0.5) is 14.5 Å². The Bertz CT molecular complexity index is 379. The average Bonchev–Trinajstić information content (AvgIpc) is 2.13. The van der Waals surface area contributed by atoms with E-state index in [9.17, 15) is 8.78 Å². The van der Waals surface area contributed by atoms with Crippen LogP contribution in [0.3, 0.4) is 0 Å². The molecule has 1 rings (SSSR count). The van der Waals surface area contributed by atoms with Gasteiger partial charge < -0.3 is 5.73 Å². The number of hydrogen-bond donors (Lipinski definition) is 1. The molecule has 0 aromatic heterocycles. The second-order valence-electron chi connectivity index (χ2n) is 4.49. The van der Waals surface area contributed by atoms with Crippen molar-refractivity contribution in [3.8, 4) is 0 Å². The Hall–Kier alpha value is -0.830. The van der Waals surface area contributed by atoms with Gasteiger partial charge in [-0.05, 0) is 11.8 Å². The molecule has 0 amide bonds. The van der Waals surface area contributed by atoms with E-state index in [0.29, 0.717) is 11.1 Å². The largest absolute Gasteiger partial charge is 0.398 e. The lowest BCUT2D eigenvalue weighted by Crippen LogP contribution is -2.09. The fraction of sp³-hybridized carbons (Fsp3) is 0.500. The Morgan fingerprint density at radius 3 is 1.50 bits per heavy atom. The lowest BCUT2D eigenvalue weighted by Gasteiger charge is -2.19. The number of halogens is 3. The summed E-state index contributed by atoms with van der Waals surface area (Å²) in [5.41, 5.74) is 6.60. The van der Waals surface area contributed by atoms with E-state index in [4.69, 9.17) is 17.3 Å². The molecule has 0 heterocycles. The van der Waals surface area contributed by atoms with Crippen molar-refractivity contribution in [3.63, 3.8) is 0 Å². The summed E-state index contributed by atoms with van der Waals surface area (Å²) in [6.45, 7) is 7.19. The molecule has 0 radical (unpaired) electrons. The SMILES string of the molecule is CC(C)c1c(N)c(C(C)C)c(F)c(Cl)c1F. The summed E-state index contributed by atoms with van der Waals surface area (Å²) in [4.78, 5) is 0. The number of rotatable bonds is 2. The number of hydrogen-bond acceptors (Lipinski definition) is 1. The van der Waals surface area contributed by atoms with Gasteiger partial charge in [-0.15, -0.1) is 0 Å². The van der Waals surface area contributed by atoms with E-state index in [2.05, 4.69) is 0 Å². The molecule has 0 spiro atoms. The van der Waals surface area contributed by atoms with Crippen molar-refractivity contribution in [3.05, 3.63) is 27.8 Å². The first kappa shape index (κ1) is 13.2. The molecule has 1 nitrogen and oxygen atoms in total. The summed E-state index contributed by atoms with van der Waals surface area (Å²) in [6, 6.07) is 0. The van der Waals surface area contributed by atoms with Crippen LogP contribution in [-0.2, 0) is 0 Å². The van der Waals surface area contributed by atoms with Crippen LogP contribution in [0.25, 0.3) is 0 Å². The molecule has 90 valence electrons. The van der Waals surface area contributed by atoms with Crippen molar-refractivity contribution in [2.75, 3.05) is 5.73 Å². The monoisotopic (exact) mass is 247 g/mol. The third-order valence-electron chi connectivity index (χ3n) is 2.59. The van der Waals surface area contributed by atoms with Crippen LogP contribution >= 0.6 is 11.6 Å². The van der Waals surface area contributed by atoms with Gasteiger partial charge in [0, 0.05) is 16.8 Å². The second kappa shape index (κ2) is 4.58. The minimum absolute atomic E-state index is 0.129. The predicted molar refractivity (Wildman–Crippen MR) is 64.0 cm³/mol. The summed E-state index contributed by atoms with van der Waals surface area (Å²) in [5.74, 6) is -1.74. The number of nitrogen functional groups attached to an aromatic ring is 1. The molecule has 0 unspecified atom stereocenters. The Labute approximate surface area is 99.6 Å². The zero-order valence-electron chi connectivity index (χ0n) is 9.87. The van der Waals surface area contributed by atoms with E-state index >= 15 is 0 Å². The van der Waals surface area contributed by atoms with Gasteiger partial charge in [-0.1, -0.05) is 39.3 Å². The van der Waals surface area contributed by atoms with Crippen LogP contribution in [0.5, 0.6) is 0 Å². The average molecular weight is 248 g/mol. The normalized spacial score (nSPS) is 11.6. The Balaban J connectivity index is 3.66. The Morgan fingerprint density at radius 2 is 1.25 bits per heavy atom. The minimum atomic E-state index is -0.740. The van der Waals surface area contributed by atoms with Crippen LogP contribution in [0.2, 0.25) is 5.02 Å². The summed E-state index contributed by atoms with van der Waals surface area (Å²) >= 11 is 5.64. The van der Waals surface area contributed by atoms with E-state index in [1.54, 1.807) is 27.7 Å². The first-order valence-corrected chi connectivity index (χ1v) is 5.62. The Morgan fingerprint density at radius 1 is 0.938 bits per heavy atom. The molecule has 0 saturated carbocycles. The highest BCUT2D eigenvalue weighted by atomic mass is 35.5. The topological polar surface area (TPSA) is 26.0 Å². The number of anilines is 1. The summed E-state index contributed by atoms with van der Waals surface area (Å²) < 4.78 is 27.5. The lowest BCUT2D eigenvalue weighted by atomic mass is 9.92. The Kier molecular flexibility index (Phi) is 3.79. The molecule has 2 N–H and O–H groups in total.